The number of phosphoric acid groups is 1. The van der Waals surface area contributed by atoms with Crippen molar-refractivity contribution in [3.63, 3.8) is 0 Å². The summed E-state index contributed by atoms with van der Waals surface area (Å²) in [7, 11) is -4.51. The standard InChI is InChI=1S/C39H73O9P/c1-3-5-7-9-11-13-15-16-17-18-19-20-21-23-25-27-29-31-39(42)48-38(36-47-49(43,44)46-34-37(41)33-40)35-45-32-30-28-26-24-22-14-12-10-8-6-4-2/h8,10-11,13,16-17,37-38,40-41H,3-7,9,12,14-15,18-36H2,1-2H3,(H,43,44)/b10-8-,13-11-,17-16-. The Morgan fingerprint density at radius 1 is 0.633 bits per heavy atom. The summed E-state index contributed by atoms with van der Waals surface area (Å²) in [6, 6.07) is 0. The van der Waals surface area contributed by atoms with E-state index >= 15 is 0 Å². The van der Waals surface area contributed by atoms with Crippen molar-refractivity contribution in [2.75, 3.05) is 33.0 Å². The van der Waals surface area contributed by atoms with E-state index in [1.165, 1.54) is 70.6 Å². The molecule has 288 valence electrons. The summed E-state index contributed by atoms with van der Waals surface area (Å²) in [5, 5.41) is 18.3. The molecule has 0 aromatic rings. The minimum Gasteiger partial charge on any atom is -0.457 e. The zero-order valence-electron chi connectivity index (χ0n) is 31.2. The van der Waals surface area contributed by atoms with Crippen molar-refractivity contribution < 1.29 is 43.0 Å². The van der Waals surface area contributed by atoms with Gasteiger partial charge in [0.25, 0.3) is 0 Å². The number of esters is 1. The number of ether oxygens (including phenoxy) is 2. The summed E-state index contributed by atoms with van der Waals surface area (Å²) in [5.74, 6) is -0.395. The second-order valence-corrected chi connectivity index (χ2v) is 14.4. The number of carbonyl (C=O) groups is 1. The number of carbonyl (C=O) groups excluding carboxylic acids is 1. The van der Waals surface area contributed by atoms with Gasteiger partial charge in [-0.2, -0.15) is 0 Å². The van der Waals surface area contributed by atoms with E-state index in [9.17, 15) is 19.4 Å². The highest BCUT2D eigenvalue weighted by molar-refractivity contribution is 7.47. The average molecular weight is 717 g/mol. The van der Waals surface area contributed by atoms with Gasteiger partial charge in [0.15, 0.2) is 0 Å². The Bertz CT molecular complexity index is 861. The predicted octanol–water partition coefficient (Wildman–Crippen LogP) is 10.1. The predicted molar refractivity (Wildman–Crippen MR) is 200 cm³/mol. The molecule has 0 aliphatic carbocycles. The summed E-state index contributed by atoms with van der Waals surface area (Å²) >= 11 is 0. The molecule has 0 spiro atoms. The maximum Gasteiger partial charge on any atom is 0.472 e. The number of hydrogen-bond acceptors (Lipinski definition) is 8. The first kappa shape index (κ1) is 47.7. The summed E-state index contributed by atoms with van der Waals surface area (Å²) in [6.45, 7) is 3.40. The lowest BCUT2D eigenvalue weighted by Crippen LogP contribution is -2.29. The lowest BCUT2D eigenvalue weighted by atomic mass is 10.1. The molecule has 0 rings (SSSR count). The van der Waals surface area contributed by atoms with Crippen LogP contribution in [0.15, 0.2) is 36.5 Å². The number of unbranched alkanes of at least 4 members (excludes halogenated alkanes) is 17. The molecule has 0 heterocycles. The molecule has 3 unspecified atom stereocenters. The Morgan fingerprint density at radius 3 is 1.73 bits per heavy atom. The van der Waals surface area contributed by atoms with Gasteiger partial charge in [0, 0.05) is 13.0 Å². The van der Waals surface area contributed by atoms with Crippen LogP contribution in [0, 0.1) is 0 Å². The van der Waals surface area contributed by atoms with Crippen molar-refractivity contribution in [3.8, 4) is 0 Å². The van der Waals surface area contributed by atoms with E-state index in [1.807, 2.05) is 0 Å². The molecule has 0 bridgehead atoms. The SMILES string of the molecule is CCC/C=C\CCCCCCCCOCC(COP(=O)(O)OCC(O)CO)OC(=O)CCCCCCCCC/C=C\C/C=C\CCCCC. The van der Waals surface area contributed by atoms with Crippen molar-refractivity contribution >= 4 is 13.8 Å². The van der Waals surface area contributed by atoms with Crippen LogP contribution in [0.1, 0.15) is 162 Å². The summed E-state index contributed by atoms with van der Waals surface area (Å²) < 4.78 is 33.2. The van der Waals surface area contributed by atoms with Gasteiger partial charge in [-0.05, 0) is 64.2 Å². The van der Waals surface area contributed by atoms with Crippen LogP contribution >= 0.6 is 7.82 Å². The molecule has 0 saturated heterocycles. The Balaban J connectivity index is 4.22. The zero-order chi connectivity index (χ0) is 36.1. The fraction of sp³-hybridized carbons (Fsp3) is 0.821. The van der Waals surface area contributed by atoms with Gasteiger partial charge in [0.2, 0.25) is 0 Å². The molecule has 0 radical (unpaired) electrons. The molecular formula is C39H73O9P. The summed E-state index contributed by atoms with van der Waals surface area (Å²) in [4.78, 5) is 22.5. The van der Waals surface area contributed by atoms with Gasteiger partial charge in [-0.3, -0.25) is 13.8 Å². The Hall–Kier alpha value is -1.32. The van der Waals surface area contributed by atoms with E-state index in [1.54, 1.807) is 0 Å². The number of aliphatic hydroxyl groups is 2. The van der Waals surface area contributed by atoms with E-state index in [-0.39, 0.29) is 19.6 Å². The third-order valence-corrected chi connectivity index (χ3v) is 8.98. The van der Waals surface area contributed by atoms with Crippen LogP contribution in [-0.4, -0.2) is 66.3 Å². The van der Waals surface area contributed by atoms with E-state index in [2.05, 4.69) is 50.3 Å². The third-order valence-electron chi connectivity index (χ3n) is 8.03. The van der Waals surface area contributed by atoms with Gasteiger partial charge in [-0.25, -0.2) is 4.57 Å². The van der Waals surface area contributed by atoms with Crippen molar-refractivity contribution in [1.82, 2.24) is 0 Å². The van der Waals surface area contributed by atoms with Gasteiger partial charge < -0.3 is 24.6 Å². The van der Waals surface area contributed by atoms with Crippen LogP contribution in [0.3, 0.4) is 0 Å². The van der Waals surface area contributed by atoms with Crippen LogP contribution in [0.4, 0.5) is 0 Å². The Morgan fingerprint density at radius 2 is 1.14 bits per heavy atom. The molecule has 0 saturated carbocycles. The van der Waals surface area contributed by atoms with Crippen molar-refractivity contribution in [2.24, 2.45) is 0 Å². The monoisotopic (exact) mass is 716 g/mol. The average Bonchev–Trinajstić information content (AvgIpc) is 3.09. The van der Waals surface area contributed by atoms with Crippen LogP contribution < -0.4 is 0 Å². The van der Waals surface area contributed by atoms with Crippen LogP contribution in [-0.2, 0) is 27.9 Å². The third kappa shape index (κ3) is 36.3. The van der Waals surface area contributed by atoms with Crippen LogP contribution in [0.5, 0.6) is 0 Å². The molecule has 0 aliphatic rings. The summed E-state index contributed by atoms with van der Waals surface area (Å²) in [5.41, 5.74) is 0. The molecule has 10 heteroatoms. The highest BCUT2D eigenvalue weighted by Gasteiger charge is 2.26. The van der Waals surface area contributed by atoms with E-state index in [0.717, 1.165) is 70.6 Å². The largest absolute Gasteiger partial charge is 0.472 e. The zero-order valence-corrected chi connectivity index (χ0v) is 32.1. The minimum atomic E-state index is -4.51. The Kier molecular flexibility index (Phi) is 35.5. The Labute approximate surface area is 299 Å². The van der Waals surface area contributed by atoms with Crippen molar-refractivity contribution in [1.29, 1.82) is 0 Å². The fourth-order valence-electron chi connectivity index (χ4n) is 5.03. The molecule has 9 nitrogen and oxygen atoms in total. The smallest absolute Gasteiger partial charge is 0.457 e. The normalized spacial score (nSPS) is 14.6. The highest BCUT2D eigenvalue weighted by atomic mass is 31.2. The van der Waals surface area contributed by atoms with Crippen molar-refractivity contribution in [2.45, 2.75) is 174 Å². The minimum absolute atomic E-state index is 0.0417. The first-order chi connectivity index (χ1) is 23.8. The van der Waals surface area contributed by atoms with Gasteiger partial charge in [0.1, 0.15) is 12.2 Å². The van der Waals surface area contributed by atoms with Gasteiger partial charge >= 0.3 is 13.8 Å². The molecule has 0 aliphatic heterocycles. The summed E-state index contributed by atoms with van der Waals surface area (Å²) in [6.07, 6.45) is 36.7. The second kappa shape index (κ2) is 36.5. The van der Waals surface area contributed by atoms with Crippen LogP contribution in [0.2, 0.25) is 0 Å². The molecule has 3 N–H and O–H groups in total. The van der Waals surface area contributed by atoms with Gasteiger partial charge in [-0.1, -0.05) is 127 Å². The number of allylic oxidation sites excluding steroid dienone is 6. The fourth-order valence-corrected chi connectivity index (χ4v) is 5.82. The van der Waals surface area contributed by atoms with Gasteiger partial charge in [0.05, 0.1) is 26.4 Å². The molecule has 3 atom stereocenters. The molecule has 0 fully saturated rings. The maximum atomic E-state index is 12.6. The van der Waals surface area contributed by atoms with Crippen LogP contribution in [0.25, 0.3) is 0 Å². The first-order valence-corrected chi connectivity index (χ1v) is 21.0. The van der Waals surface area contributed by atoms with E-state index < -0.39 is 39.2 Å². The highest BCUT2D eigenvalue weighted by Crippen LogP contribution is 2.43. The molecular weight excluding hydrogens is 643 g/mol. The van der Waals surface area contributed by atoms with E-state index in [0.29, 0.717) is 6.61 Å². The topological polar surface area (TPSA) is 132 Å². The molecule has 0 amide bonds. The number of phosphoric ester groups is 1. The number of hydrogen-bond donors (Lipinski definition) is 3. The van der Waals surface area contributed by atoms with Gasteiger partial charge in [-0.15, -0.1) is 0 Å². The first-order valence-electron chi connectivity index (χ1n) is 19.5. The lowest BCUT2D eigenvalue weighted by Gasteiger charge is -2.20. The number of rotatable bonds is 37. The lowest BCUT2D eigenvalue weighted by molar-refractivity contribution is -0.154. The number of aliphatic hydroxyl groups excluding tert-OH is 2. The molecule has 0 aromatic carbocycles. The maximum absolute atomic E-state index is 12.6. The second-order valence-electron chi connectivity index (χ2n) is 12.9. The van der Waals surface area contributed by atoms with Crippen molar-refractivity contribution in [3.05, 3.63) is 36.5 Å². The molecule has 49 heavy (non-hydrogen) atoms. The molecule has 0 aromatic heterocycles. The van der Waals surface area contributed by atoms with E-state index in [4.69, 9.17) is 23.6 Å². The quantitative estimate of drug-likeness (QED) is 0.0249.